The second kappa shape index (κ2) is 9.92. The maximum Gasteiger partial charge on any atom is 0.404 e. The van der Waals surface area contributed by atoms with Gasteiger partial charge >= 0.3 is 6.09 Å². The van der Waals surface area contributed by atoms with Crippen LogP contribution < -0.4 is 11.1 Å². The zero-order valence-electron chi connectivity index (χ0n) is 22.6. The Hall–Kier alpha value is -3.21. The number of anilines is 1. The highest BCUT2D eigenvalue weighted by atomic mass is 32.1. The van der Waals surface area contributed by atoms with Gasteiger partial charge in [-0.05, 0) is 17.8 Å². The third kappa shape index (κ3) is 5.87. The van der Waals surface area contributed by atoms with Crippen LogP contribution in [0.5, 0.6) is 0 Å². The number of nitrogens with zero attached hydrogens (tertiary/aromatic N) is 5. The van der Waals surface area contributed by atoms with E-state index in [4.69, 9.17) is 20.4 Å². The summed E-state index contributed by atoms with van der Waals surface area (Å²) in [6.07, 6.45) is 3.54. The minimum Gasteiger partial charge on any atom is -0.446 e. The van der Waals surface area contributed by atoms with Gasteiger partial charge < -0.3 is 20.7 Å². The third-order valence-corrected chi connectivity index (χ3v) is 7.97. The molecular weight excluding hydrogens is 490 g/mol. The first-order chi connectivity index (χ1) is 17.2. The van der Waals surface area contributed by atoms with Crippen LogP contribution in [0.3, 0.4) is 0 Å². The largest absolute Gasteiger partial charge is 0.446 e. The highest BCUT2D eigenvalue weighted by Gasteiger charge is 2.40. The number of carbonyl (C=O) groups excluding carboxylic acids is 2. The van der Waals surface area contributed by atoms with Crippen LogP contribution in [0, 0.1) is 10.8 Å². The molecule has 0 aromatic carbocycles. The summed E-state index contributed by atoms with van der Waals surface area (Å²) in [6, 6.07) is 1.66. The summed E-state index contributed by atoms with van der Waals surface area (Å²) in [4.78, 5) is 37.7. The predicted molar refractivity (Wildman–Crippen MR) is 145 cm³/mol. The van der Waals surface area contributed by atoms with Crippen LogP contribution in [0.25, 0.3) is 16.2 Å². The summed E-state index contributed by atoms with van der Waals surface area (Å²) in [6.45, 7) is 15.2. The summed E-state index contributed by atoms with van der Waals surface area (Å²) < 4.78 is 7.08. The molecule has 2 unspecified atom stereocenters. The molecule has 4 heterocycles. The van der Waals surface area contributed by atoms with Crippen molar-refractivity contribution in [3.63, 3.8) is 0 Å². The molecule has 1 aliphatic rings. The number of ether oxygens (including phenoxy) is 1. The summed E-state index contributed by atoms with van der Waals surface area (Å²) >= 11 is 1.54. The summed E-state index contributed by atoms with van der Waals surface area (Å²) in [5.74, 6) is 0.860. The SMILES string of the molecule is C[C@@H](Nc1cc(C(=O)N2CCC(OC(N)=O)CC2C(C)(C)C)nc(-c2cnn3ccsc23)n1)C(C)(C)C. The number of carbonyl (C=O) groups is 2. The molecule has 0 radical (unpaired) electrons. The predicted octanol–water partition coefficient (Wildman–Crippen LogP) is 4.81. The van der Waals surface area contributed by atoms with Crippen LogP contribution in [-0.2, 0) is 4.74 Å². The van der Waals surface area contributed by atoms with E-state index in [0.717, 1.165) is 10.4 Å². The normalized spacial score (nSPS) is 19.6. The van der Waals surface area contributed by atoms with Gasteiger partial charge in [0, 0.05) is 49.1 Å². The zero-order valence-corrected chi connectivity index (χ0v) is 23.4. The van der Waals surface area contributed by atoms with Crippen LogP contribution in [0.15, 0.2) is 23.8 Å². The number of likely N-dealkylation sites (tertiary alicyclic amines) is 1. The Morgan fingerprint density at radius 3 is 2.59 bits per heavy atom. The molecule has 0 saturated carbocycles. The molecule has 4 rings (SSSR count). The molecule has 10 nitrogen and oxygen atoms in total. The molecule has 0 bridgehead atoms. The average molecular weight is 528 g/mol. The highest BCUT2D eigenvalue weighted by Crippen LogP contribution is 2.35. The van der Waals surface area contributed by atoms with Gasteiger partial charge in [0.15, 0.2) is 5.82 Å². The summed E-state index contributed by atoms with van der Waals surface area (Å²) in [7, 11) is 0. The number of hydrogen-bond acceptors (Lipinski definition) is 8. The van der Waals surface area contributed by atoms with Gasteiger partial charge in [-0.2, -0.15) is 5.10 Å². The number of hydrogen-bond donors (Lipinski definition) is 2. The number of aromatic nitrogens is 4. The van der Waals surface area contributed by atoms with E-state index >= 15 is 0 Å². The molecule has 1 saturated heterocycles. The van der Waals surface area contributed by atoms with E-state index in [1.54, 1.807) is 28.1 Å². The smallest absolute Gasteiger partial charge is 0.404 e. The average Bonchev–Trinajstić information content (AvgIpc) is 3.41. The van der Waals surface area contributed by atoms with Gasteiger partial charge in [0.25, 0.3) is 5.91 Å². The van der Waals surface area contributed by atoms with Gasteiger partial charge in [-0.15, -0.1) is 11.3 Å². The maximum absolute atomic E-state index is 14.0. The molecule has 0 spiro atoms. The molecule has 11 heteroatoms. The van der Waals surface area contributed by atoms with Crippen molar-refractivity contribution in [2.75, 3.05) is 11.9 Å². The number of nitrogens with two attached hydrogens (primary N) is 1. The van der Waals surface area contributed by atoms with E-state index in [2.05, 4.69) is 58.9 Å². The van der Waals surface area contributed by atoms with Gasteiger partial charge in [0.2, 0.25) is 0 Å². The summed E-state index contributed by atoms with van der Waals surface area (Å²) in [5, 5.41) is 9.83. The molecule has 3 aromatic heterocycles. The molecule has 37 heavy (non-hydrogen) atoms. The van der Waals surface area contributed by atoms with Crippen molar-refractivity contribution in [2.45, 2.75) is 79.5 Å². The Balaban J connectivity index is 1.73. The lowest BCUT2D eigenvalue weighted by Gasteiger charge is -2.45. The Kier molecular flexibility index (Phi) is 7.20. The lowest BCUT2D eigenvalue weighted by atomic mass is 9.79. The first-order valence-corrected chi connectivity index (χ1v) is 13.5. The van der Waals surface area contributed by atoms with Crippen LogP contribution in [0.4, 0.5) is 10.6 Å². The Bertz CT molecular complexity index is 1290. The Morgan fingerprint density at radius 1 is 1.22 bits per heavy atom. The van der Waals surface area contributed by atoms with E-state index in [0.29, 0.717) is 36.7 Å². The molecule has 0 aliphatic carbocycles. The van der Waals surface area contributed by atoms with Gasteiger partial charge in [0.1, 0.15) is 22.4 Å². The van der Waals surface area contributed by atoms with Crippen molar-refractivity contribution in [1.29, 1.82) is 0 Å². The minimum atomic E-state index is -0.789. The second-order valence-corrected chi connectivity index (χ2v) is 12.8. The molecule has 2 amide bonds. The van der Waals surface area contributed by atoms with Crippen molar-refractivity contribution in [3.05, 3.63) is 29.5 Å². The fourth-order valence-corrected chi connectivity index (χ4v) is 5.28. The number of amides is 2. The lowest BCUT2D eigenvalue weighted by molar-refractivity contribution is -0.00464. The van der Waals surface area contributed by atoms with Crippen molar-refractivity contribution in [3.8, 4) is 11.4 Å². The molecular formula is C26H37N7O3S. The van der Waals surface area contributed by atoms with E-state index in [-0.39, 0.29) is 34.9 Å². The van der Waals surface area contributed by atoms with E-state index < -0.39 is 6.09 Å². The standard InChI is InChI=1S/C26H37N7O3S/c1-15(25(2,3)4)29-20-13-18(30-21(31-20)17-14-28-33-10-11-37-23(17)33)22(34)32-9-8-16(36-24(27)35)12-19(32)26(5,6)7/h10-11,13-16,19H,8-9,12H2,1-7H3,(H2,27,35)(H,29,30,31)/t15-,16?,19?/m1/s1. The molecule has 3 N–H and O–H groups in total. The first-order valence-electron chi connectivity index (χ1n) is 12.6. The lowest BCUT2D eigenvalue weighted by Crippen LogP contribution is -2.54. The van der Waals surface area contributed by atoms with Gasteiger partial charge in [-0.3, -0.25) is 4.79 Å². The van der Waals surface area contributed by atoms with Crippen LogP contribution in [-0.4, -0.2) is 61.2 Å². The van der Waals surface area contributed by atoms with Crippen LogP contribution >= 0.6 is 11.3 Å². The van der Waals surface area contributed by atoms with E-state index in [1.165, 1.54) is 0 Å². The Labute approximate surface area is 221 Å². The van der Waals surface area contributed by atoms with Crippen molar-refractivity contribution in [2.24, 2.45) is 16.6 Å². The molecule has 3 atom stereocenters. The number of fused-ring (bicyclic) bond motifs is 1. The van der Waals surface area contributed by atoms with E-state index in [1.807, 2.05) is 16.5 Å². The first kappa shape index (κ1) is 26.8. The van der Waals surface area contributed by atoms with E-state index in [9.17, 15) is 9.59 Å². The minimum absolute atomic E-state index is 0.0202. The fraction of sp³-hybridized carbons (Fsp3) is 0.577. The monoisotopic (exact) mass is 527 g/mol. The molecule has 1 aliphatic heterocycles. The van der Waals surface area contributed by atoms with Gasteiger partial charge in [-0.1, -0.05) is 41.5 Å². The fourth-order valence-electron chi connectivity index (χ4n) is 4.49. The quantitative estimate of drug-likeness (QED) is 0.487. The highest BCUT2D eigenvalue weighted by molar-refractivity contribution is 7.16. The second-order valence-electron chi connectivity index (χ2n) is 11.9. The van der Waals surface area contributed by atoms with Crippen molar-refractivity contribution >= 4 is 34.0 Å². The molecule has 200 valence electrons. The topological polar surface area (TPSA) is 128 Å². The summed E-state index contributed by atoms with van der Waals surface area (Å²) in [5.41, 5.74) is 6.09. The zero-order chi connectivity index (χ0) is 27.1. The van der Waals surface area contributed by atoms with Crippen LogP contribution in [0.1, 0.15) is 71.8 Å². The third-order valence-electron chi connectivity index (χ3n) is 7.08. The van der Waals surface area contributed by atoms with Crippen molar-refractivity contribution in [1.82, 2.24) is 24.5 Å². The van der Waals surface area contributed by atoms with Crippen molar-refractivity contribution < 1.29 is 14.3 Å². The van der Waals surface area contributed by atoms with Gasteiger partial charge in [-0.25, -0.2) is 19.3 Å². The number of primary amides is 1. The maximum atomic E-state index is 14.0. The molecule has 1 fully saturated rings. The van der Waals surface area contributed by atoms with Crippen LogP contribution in [0.2, 0.25) is 0 Å². The number of thiazole rings is 1. The number of piperidine rings is 1. The Morgan fingerprint density at radius 2 is 1.95 bits per heavy atom. The number of rotatable bonds is 5. The number of nitrogens with one attached hydrogen (secondary N) is 1. The van der Waals surface area contributed by atoms with Gasteiger partial charge in [0.05, 0.1) is 11.8 Å². The molecule has 3 aromatic rings.